The van der Waals surface area contributed by atoms with Gasteiger partial charge >= 0.3 is 5.97 Å². The van der Waals surface area contributed by atoms with Gasteiger partial charge in [-0.05, 0) is 24.6 Å². The molecule has 1 aromatic heterocycles. The topological polar surface area (TPSA) is 79.3 Å². The van der Waals surface area contributed by atoms with Gasteiger partial charge in [0.2, 0.25) is 0 Å². The van der Waals surface area contributed by atoms with Crippen LogP contribution in [0.4, 0.5) is 5.69 Å². The number of benzene rings is 1. The van der Waals surface area contributed by atoms with Gasteiger partial charge in [0.15, 0.2) is 0 Å². The summed E-state index contributed by atoms with van der Waals surface area (Å²) in [6.45, 7) is 1.86. The van der Waals surface area contributed by atoms with Crippen LogP contribution in [0.1, 0.15) is 26.3 Å². The number of carbonyl (C=O) groups excluding carboxylic acids is 1. The monoisotopic (exact) mass is 256 g/mol. The molecule has 2 rings (SSSR count). The second-order valence-electron chi connectivity index (χ2n) is 4.00. The number of carboxylic acid groups (broad SMARTS) is 1. The van der Waals surface area contributed by atoms with Crippen LogP contribution < -0.4 is 5.32 Å². The Labute approximate surface area is 109 Å². The number of nitrogens with one attached hydrogen (secondary N) is 1. The number of aryl methyl sites for hydroxylation is 1. The summed E-state index contributed by atoms with van der Waals surface area (Å²) in [5.41, 5.74) is 1.53. The first-order chi connectivity index (χ1) is 9.09. The molecule has 96 valence electrons. The molecule has 1 aromatic carbocycles. The minimum atomic E-state index is -1.18. The molecule has 0 spiro atoms. The van der Waals surface area contributed by atoms with Gasteiger partial charge in [-0.15, -0.1) is 0 Å². The Morgan fingerprint density at radius 3 is 2.58 bits per heavy atom. The van der Waals surface area contributed by atoms with Gasteiger partial charge in [0.25, 0.3) is 5.91 Å². The van der Waals surface area contributed by atoms with Gasteiger partial charge in [0.1, 0.15) is 0 Å². The van der Waals surface area contributed by atoms with Crippen molar-refractivity contribution in [2.45, 2.75) is 6.92 Å². The molecule has 1 amide bonds. The molecule has 0 aliphatic heterocycles. The number of anilines is 1. The third kappa shape index (κ3) is 2.77. The van der Waals surface area contributed by atoms with E-state index in [1.165, 1.54) is 12.3 Å². The third-order valence-corrected chi connectivity index (χ3v) is 2.69. The van der Waals surface area contributed by atoms with Crippen LogP contribution in [0.25, 0.3) is 0 Å². The largest absolute Gasteiger partial charge is 0.478 e. The molecule has 0 aliphatic carbocycles. The second-order valence-corrected chi connectivity index (χ2v) is 4.00. The average Bonchev–Trinajstić information content (AvgIpc) is 2.41. The number of aromatic nitrogens is 1. The molecule has 2 aromatic rings. The number of carbonyl (C=O) groups is 2. The molecule has 0 atom stereocenters. The van der Waals surface area contributed by atoms with Crippen molar-refractivity contribution >= 4 is 17.6 Å². The molecule has 0 radical (unpaired) electrons. The fourth-order valence-electron chi connectivity index (χ4n) is 1.67. The number of para-hydroxylation sites is 1. The third-order valence-electron chi connectivity index (χ3n) is 2.69. The van der Waals surface area contributed by atoms with Crippen molar-refractivity contribution < 1.29 is 14.7 Å². The number of hydrogen-bond acceptors (Lipinski definition) is 3. The Morgan fingerprint density at radius 2 is 1.89 bits per heavy atom. The summed E-state index contributed by atoms with van der Waals surface area (Å²) in [6, 6.07) is 8.67. The fourth-order valence-corrected chi connectivity index (χ4v) is 1.67. The molecular weight excluding hydrogens is 244 g/mol. The predicted octanol–water partition coefficient (Wildman–Crippen LogP) is 2.34. The molecule has 1 heterocycles. The van der Waals surface area contributed by atoms with Gasteiger partial charge in [0.05, 0.1) is 11.1 Å². The highest BCUT2D eigenvalue weighted by Crippen LogP contribution is 2.16. The highest BCUT2D eigenvalue weighted by Gasteiger charge is 2.16. The summed E-state index contributed by atoms with van der Waals surface area (Å²) in [6.07, 6.45) is 2.55. The van der Waals surface area contributed by atoms with E-state index in [2.05, 4.69) is 10.3 Å². The van der Waals surface area contributed by atoms with Crippen LogP contribution in [0.5, 0.6) is 0 Å². The number of hydrogen-bond donors (Lipinski definition) is 2. The molecule has 2 N–H and O–H groups in total. The van der Waals surface area contributed by atoms with Gasteiger partial charge in [-0.3, -0.25) is 9.78 Å². The van der Waals surface area contributed by atoms with Gasteiger partial charge in [-0.25, -0.2) is 4.79 Å². The van der Waals surface area contributed by atoms with Crippen molar-refractivity contribution in [3.8, 4) is 0 Å². The van der Waals surface area contributed by atoms with Gasteiger partial charge in [-0.1, -0.05) is 18.2 Å². The quantitative estimate of drug-likeness (QED) is 0.883. The zero-order valence-electron chi connectivity index (χ0n) is 10.3. The molecule has 0 saturated heterocycles. The van der Waals surface area contributed by atoms with Gasteiger partial charge in [-0.2, -0.15) is 0 Å². The fraction of sp³-hybridized carbons (Fsp3) is 0.0714. The minimum Gasteiger partial charge on any atom is -0.478 e. The summed E-state index contributed by atoms with van der Waals surface area (Å²) >= 11 is 0. The number of nitrogens with zero attached hydrogens (tertiary/aromatic N) is 1. The molecule has 5 heteroatoms. The van der Waals surface area contributed by atoms with Crippen molar-refractivity contribution in [2.24, 2.45) is 0 Å². The molecule has 0 aliphatic rings. The van der Waals surface area contributed by atoms with Crippen LogP contribution in [0.3, 0.4) is 0 Å². The average molecular weight is 256 g/mol. The van der Waals surface area contributed by atoms with E-state index in [1.54, 1.807) is 12.1 Å². The molecule has 0 fully saturated rings. The Morgan fingerprint density at radius 1 is 1.16 bits per heavy atom. The Hall–Kier alpha value is -2.69. The summed E-state index contributed by atoms with van der Waals surface area (Å²) in [4.78, 5) is 26.8. The van der Waals surface area contributed by atoms with E-state index >= 15 is 0 Å². The summed E-state index contributed by atoms with van der Waals surface area (Å²) in [5, 5.41) is 11.7. The van der Waals surface area contributed by atoms with Crippen molar-refractivity contribution in [3.05, 3.63) is 59.4 Å². The highest BCUT2D eigenvalue weighted by molar-refractivity contribution is 6.10. The van der Waals surface area contributed by atoms with Crippen molar-refractivity contribution in [1.29, 1.82) is 0 Å². The van der Waals surface area contributed by atoms with Crippen molar-refractivity contribution in [1.82, 2.24) is 4.98 Å². The lowest BCUT2D eigenvalue weighted by atomic mass is 10.1. The molecule has 5 nitrogen and oxygen atoms in total. The van der Waals surface area contributed by atoms with E-state index in [9.17, 15) is 9.59 Å². The first-order valence-corrected chi connectivity index (χ1v) is 5.64. The lowest BCUT2D eigenvalue weighted by Crippen LogP contribution is -2.17. The minimum absolute atomic E-state index is 0.0887. The van der Waals surface area contributed by atoms with Crippen molar-refractivity contribution in [3.63, 3.8) is 0 Å². The zero-order valence-corrected chi connectivity index (χ0v) is 10.3. The van der Waals surface area contributed by atoms with E-state index < -0.39 is 11.9 Å². The highest BCUT2D eigenvalue weighted by atomic mass is 16.4. The maximum absolute atomic E-state index is 12.1. The van der Waals surface area contributed by atoms with E-state index in [4.69, 9.17) is 5.11 Å². The van der Waals surface area contributed by atoms with Crippen molar-refractivity contribution in [2.75, 3.05) is 5.32 Å². The van der Waals surface area contributed by atoms with Crippen LogP contribution >= 0.6 is 0 Å². The second kappa shape index (κ2) is 5.30. The summed E-state index contributed by atoms with van der Waals surface area (Å²) in [7, 11) is 0. The molecule has 0 bridgehead atoms. The Balaban J connectivity index is 2.31. The SMILES string of the molecule is Cc1ccccc1NC(=O)c1ccncc1C(=O)O. The molecule has 0 unspecified atom stereocenters. The first-order valence-electron chi connectivity index (χ1n) is 5.64. The van der Waals surface area contributed by atoms with Crippen LogP contribution in [0.2, 0.25) is 0 Å². The smallest absolute Gasteiger partial charge is 0.338 e. The van der Waals surface area contributed by atoms with Gasteiger partial charge in [0, 0.05) is 18.1 Å². The number of amides is 1. The summed E-state index contributed by atoms with van der Waals surface area (Å²) in [5.74, 6) is -1.64. The van der Waals surface area contributed by atoms with E-state index in [-0.39, 0.29) is 11.1 Å². The number of pyridine rings is 1. The van der Waals surface area contributed by atoms with Crippen LogP contribution in [-0.2, 0) is 0 Å². The first kappa shape index (κ1) is 12.8. The Bertz CT molecular complexity index is 638. The normalized spacial score (nSPS) is 9.95. The molecule has 0 saturated carbocycles. The molecular formula is C14H12N2O3. The van der Waals surface area contributed by atoms with E-state index in [0.717, 1.165) is 11.8 Å². The van der Waals surface area contributed by atoms with E-state index in [0.29, 0.717) is 5.69 Å². The zero-order chi connectivity index (χ0) is 13.8. The maximum Gasteiger partial charge on any atom is 0.338 e. The number of rotatable bonds is 3. The molecule has 19 heavy (non-hydrogen) atoms. The lowest BCUT2D eigenvalue weighted by Gasteiger charge is -2.09. The number of carboxylic acids is 1. The van der Waals surface area contributed by atoms with Crippen LogP contribution in [0, 0.1) is 6.92 Å². The summed E-state index contributed by atoms with van der Waals surface area (Å²) < 4.78 is 0. The Kier molecular flexibility index (Phi) is 3.56. The van der Waals surface area contributed by atoms with Crippen LogP contribution in [-0.4, -0.2) is 22.0 Å². The lowest BCUT2D eigenvalue weighted by molar-refractivity contribution is 0.0692. The van der Waals surface area contributed by atoms with E-state index in [1.807, 2.05) is 19.1 Å². The van der Waals surface area contributed by atoms with Gasteiger partial charge < -0.3 is 10.4 Å². The standard InChI is InChI=1S/C14H12N2O3/c1-9-4-2-3-5-12(9)16-13(17)10-6-7-15-8-11(10)14(18)19/h2-8H,1H3,(H,16,17)(H,18,19). The predicted molar refractivity (Wildman–Crippen MR) is 70.3 cm³/mol. The maximum atomic E-state index is 12.1. The number of aromatic carboxylic acids is 1. The van der Waals surface area contributed by atoms with Crippen LogP contribution in [0.15, 0.2) is 42.7 Å².